The van der Waals surface area contributed by atoms with Gasteiger partial charge in [0.25, 0.3) is 0 Å². The Kier molecular flexibility index (Phi) is 5.39. The number of hydrogen-bond donors (Lipinski definition) is 2. The van der Waals surface area contributed by atoms with E-state index in [2.05, 4.69) is 20.6 Å². The van der Waals surface area contributed by atoms with Crippen LogP contribution in [0.5, 0.6) is 17.2 Å². The maximum absolute atomic E-state index is 10.1. The number of benzene rings is 2. The zero-order valence-corrected chi connectivity index (χ0v) is 16.7. The summed E-state index contributed by atoms with van der Waals surface area (Å²) in [4.78, 5) is 4.76. The zero-order valence-electron chi connectivity index (χ0n) is 15.9. The number of ether oxygens (including phenoxy) is 2. The first-order valence-corrected chi connectivity index (χ1v) is 10.0. The second-order valence-electron chi connectivity index (χ2n) is 6.05. The lowest BCUT2D eigenvalue weighted by Crippen LogP contribution is -1.98. The maximum Gasteiger partial charge on any atom is 0.183 e. The minimum atomic E-state index is 0.0932. The van der Waals surface area contributed by atoms with E-state index in [9.17, 15) is 5.11 Å². The highest BCUT2D eigenvalue weighted by Gasteiger charge is 2.14. The SMILES string of the molecule is CCOc1ccc(-c2nc(-c3ccc(O)c(-c4nnn[nH]4)c3)cs2)cc1OCC. The van der Waals surface area contributed by atoms with E-state index in [4.69, 9.17) is 14.5 Å². The Hall–Kier alpha value is -3.46. The maximum atomic E-state index is 10.1. The molecular formula is C20H19N5O3S. The third-order valence-electron chi connectivity index (χ3n) is 4.19. The van der Waals surface area contributed by atoms with Crippen molar-refractivity contribution in [1.29, 1.82) is 0 Å². The largest absolute Gasteiger partial charge is 0.507 e. The van der Waals surface area contributed by atoms with Gasteiger partial charge in [0.15, 0.2) is 17.3 Å². The summed E-state index contributed by atoms with van der Waals surface area (Å²) in [5.41, 5.74) is 3.12. The fourth-order valence-electron chi connectivity index (χ4n) is 2.88. The van der Waals surface area contributed by atoms with Crippen LogP contribution in [0.2, 0.25) is 0 Å². The average molecular weight is 409 g/mol. The van der Waals surface area contributed by atoms with E-state index in [-0.39, 0.29) is 5.75 Å². The topological polar surface area (TPSA) is 106 Å². The normalized spacial score (nSPS) is 10.8. The van der Waals surface area contributed by atoms with Crippen LogP contribution in [0.3, 0.4) is 0 Å². The minimum Gasteiger partial charge on any atom is -0.507 e. The Labute approximate surface area is 171 Å². The number of aromatic nitrogens is 5. The first-order valence-electron chi connectivity index (χ1n) is 9.12. The van der Waals surface area contributed by atoms with E-state index >= 15 is 0 Å². The molecule has 0 spiro atoms. The molecule has 2 aromatic heterocycles. The number of rotatable bonds is 7. The van der Waals surface area contributed by atoms with Crippen LogP contribution in [0.1, 0.15) is 13.8 Å². The highest BCUT2D eigenvalue weighted by atomic mass is 32.1. The summed E-state index contributed by atoms with van der Waals surface area (Å²) < 4.78 is 11.3. The van der Waals surface area contributed by atoms with Crippen molar-refractivity contribution in [2.24, 2.45) is 0 Å². The fraction of sp³-hybridized carbons (Fsp3) is 0.200. The van der Waals surface area contributed by atoms with Crippen molar-refractivity contribution in [3.05, 3.63) is 41.8 Å². The number of H-pyrrole nitrogens is 1. The van der Waals surface area contributed by atoms with Gasteiger partial charge in [0, 0.05) is 16.5 Å². The van der Waals surface area contributed by atoms with Crippen molar-refractivity contribution in [3.63, 3.8) is 0 Å². The molecule has 148 valence electrons. The Bertz CT molecular complexity index is 1110. The molecule has 0 saturated carbocycles. The van der Waals surface area contributed by atoms with Crippen LogP contribution >= 0.6 is 11.3 Å². The summed E-state index contributed by atoms with van der Waals surface area (Å²) in [6, 6.07) is 11.0. The van der Waals surface area contributed by atoms with Gasteiger partial charge in [-0.1, -0.05) is 0 Å². The number of tetrazole rings is 1. The quantitative estimate of drug-likeness (QED) is 0.472. The predicted octanol–water partition coefficient (Wildman–Crippen LogP) is 4.16. The predicted molar refractivity (Wildman–Crippen MR) is 110 cm³/mol. The monoisotopic (exact) mass is 409 g/mol. The molecule has 0 amide bonds. The van der Waals surface area contributed by atoms with Gasteiger partial charge in [-0.05, 0) is 60.7 Å². The number of hydrogen-bond acceptors (Lipinski definition) is 8. The second kappa shape index (κ2) is 8.27. The van der Waals surface area contributed by atoms with E-state index in [1.807, 2.05) is 43.5 Å². The first kappa shape index (κ1) is 18.9. The van der Waals surface area contributed by atoms with Crippen LogP contribution in [0, 0.1) is 0 Å². The molecule has 0 unspecified atom stereocenters. The summed E-state index contributed by atoms with van der Waals surface area (Å²) in [7, 11) is 0. The lowest BCUT2D eigenvalue weighted by molar-refractivity contribution is 0.288. The van der Waals surface area contributed by atoms with Crippen LogP contribution in [0.25, 0.3) is 33.2 Å². The lowest BCUT2D eigenvalue weighted by atomic mass is 10.1. The Morgan fingerprint density at radius 1 is 1.00 bits per heavy atom. The molecule has 0 aliphatic carbocycles. The molecule has 0 aliphatic heterocycles. The molecule has 2 aromatic carbocycles. The molecule has 0 atom stereocenters. The molecule has 4 aromatic rings. The molecule has 2 heterocycles. The van der Waals surface area contributed by atoms with E-state index in [1.165, 1.54) is 11.3 Å². The molecule has 0 saturated heterocycles. The molecule has 0 bridgehead atoms. The van der Waals surface area contributed by atoms with Gasteiger partial charge in [0.2, 0.25) is 0 Å². The molecule has 0 radical (unpaired) electrons. The van der Waals surface area contributed by atoms with Gasteiger partial charge < -0.3 is 14.6 Å². The van der Waals surface area contributed by atoms with Crippen LogP contribution in [-0.2, 0) is 0 Å². The van der Waals surface area contributed by atoms with E-state index in [1.54, 1.807) is 12.1 Å². The van der Waals surface area contributed by atoms with Gasteiger partial charge in [0.1, 0.15) is 10.8 Å². The lowest BCUT2D eigenvalue weighted by Gasteiger charge is -2.11. The number of phenols is 1. The number of aromatic hydroxyl groups is 1. The fourth-order valence-corrected chi connectivity index (χ4v) is 3.71. The second-order valence-corrected chi connectivity index (χ2v) is 6.91. The van der Waals surface area contributed by atoms with Crippen molar-refractivity contribution in [3.8, 4) is 50.5 Å². The number of nitrogens with zero attached hydrogens (tertiary/aromatic N) is 4. The van der Waals surface area contributed by atoms with Crippen LogP contribution in [0.15, 0.2) is 41.8 Å². The summed E-state index contributed by atoms with van der Waals surface area (Å²) in [6.45, 7) is 5.01. The Balaban J connectivity index is 1.67. The smallest absolute Gasteiger partial charge is 0.183 e. The van der Waals surface area contributed by atoms with Crippen molar-refractivity contribution in [2.75, 3.05) is 13.2 Å². The first-order chi connectivity index (χ1) is 14.2. The average Bonchev–Trinajstić information content (AvgIpc) is 3.42. The summed E-state index contributed by atoms with van der Waals surface area (Å²) in [5.74, 6) is 1.91. The third-order valence-corrected chi connectivity index (χ3v) is 5.08. The van der Waals surface area contributed by atoms with Gasteiger partial charge >= 0.3 is 0 Å². The molecule has 8 nitrogen and oxygen atoms in total. The molecule has 2 N–H and O–H groups in total. The van der Waals surface area contributed by atoms with Crippen molar-refractivity contribution < 1.29 is 14.6 Å². The number of aromatic amines is 1. The summed E-state index contributed by atoms with van der Waals surface area (Å²) >= 11 is 1.53. The molecule has 9 heteroatoms. The number of thiazole rings is 1. The molecule has 0 aliphatic rings. The van der Waals surface area contributed by atoms with E-state index in [0.717, 1.165) is 27.6 Å². The van der Waals surface area contributed by atoms with Gasteiger partial charge in [-0.3, -0.25) is 0 Å². The highest BCUT2D eigenvalue weighted by molar-refractivity contribution is 7.13. The number of phenolic OH excluding ortho intramolecular Hbond substituents is 1. The number of nitrogens with one attached hydrogen (secondary N) is 1. The van der Waals surface area contributed by atoms with Gasteiger partial charge in [-0.2, -0.15) is 0 Å². The van der Waals surface area contributed by atoms with Crippen molar-refractivity contribution in [1.82, 2.24) is 25.6 Å². The minimum absolute atomic E-state index is 0.0932. The summed E-state index contributed by atoms with van der Waals surface area (Å²) in [6.07, 6.45) is 0. The van der Waals surface area contributed by atoms with Crippen LogP contribution in [0.4, 0.5) is 0 Å². The molecule has 0 fully saturated rings. The van der Waals surface area contributed by atoms with E-state index in [0.29, 0.717) is 30.4 Å². The van der Waals surface area contributed by atoms with Crippen molar-refractivity contribution >= 4 is 11.3 Å². The van der Waals surface area contributed by atoms with Crippen LogP contribution in [-0.4, -0.2) is 43.9 Å². The highest BCUT2D eigenvalue weighted by Crippen LogP contribution is 2.37. The van der Waals surface area contributed by atoms with Crippen LogP contribution < -0.4 is 9.47 Å². The third kappa shape index (κ3) is 3.90. The molecule has 29 heavy (non-hydrogen) atoms. The van der Waals surface area contributed by atoms with Gasteiger partial charge in [-0.15, -0.1) is 16.4 Å². The zero-order chi connectivity index (χ0) is 20.2. The van der Waals surface area contributed by atoms with Gasteiger partial charge in [0.05, 0.1) is 24.5 Å². The van der Waals surface area contributed by atoms with E-state index < -0.39 is 0 Å². The Morgan fingerprint density at radius 2 is 1.79 bits per heavy atom. The van der Waals surface area contributed by atoms with Gasteiger partial charge in [-0.25, -0.2) is 10.1 Å². The Morgan fingerprint density at radius 3 is 2.55 bits per heavy atom. The molecule has 4 rings (SSSR count). The standard InChI is InChI=1S/C20H19N5O3S/c1-3-27-17-8-6-13(10-18(17)28-4-2)20-21-15(11-29-20)12-5-7-16(26)14(9-12)19-22-24-25-23-19/h5-11,26H,3-4H2,1-2H3,(H,22,23,24,25). The summed E-state index contributed by atoms with van der Waals surface area (Å²) in [5, 5.41) is 26.6. The van der Waals surface area contributed by atoms with Crippen molar-refractivity contribution in [2.45, 2.75) is 13.8 Å². The molecular weight excluding hydrogens is 390 g/mol.